The van der Waals surface area contributed by atoms with E-state index in [4.69, 9.17) is 4.74 Å². The highest BCUT2D eigenvalue weighted by molar-refractivity contribution is 9.10. The molecule has 2 heterocycles. The van der Waals surface area contributed by atoms with Crippen LogP contribution in [0.4, 0.5) is 10.7 Å². The molecule has 2 aromatic heterocycles. The first-order valence-corrected chi connectivity index (χ1v) is 6.02. The monoisotopic (exact) mass is 313 g/mol. The third-order valence-electron chi connectivity index (χ3n) is 1.79. The van der Waals surface area contributed by atoms with Crippen LogP contribution < -0.4 is 5.32 Å². The summed E-state index contributed by atoms with van der Waals surface area (Å²) in [5, 5.41) is 10.5. The van der Waals surface area contributed by atoms with Crippen LogP contribution in [-0.2, 0) is 4.74 Å². The van der Waals surface area contributed by atoms with E-state index in [1.54, 1.807) is 32.9 Å². The van der Waals surface area contributed by atoms with E-state index in [-0.39, 0.29) is 5.95 Å². The largest absolute Gasteiger partial charge is 0.444 e. The van der Waals surface area contributed by atoms with Gasteiger partial charge in [-0.1, -0.05) is 0 Å². The number of aromatic nitrogens is 4. The van der Waals surface area contributed by atoms with Crippen molar-refractivity contribution in [3.05, 3.63) is 16.7 Å². The smallest absolute Gasteiger partial charge is 0.414 e. The molecule has 0 bridgehead atoms. The number of nitrogens with zero attached hydrogens (tertiary/aromatic N) is 4. The molecule has 0 saturated carbocycles. The summed E-state index contributed by atoms with van der Waals surface area (Å²) in [5.74, 6) is 0.148. The molecular formula is C10H12BrN5O2. The molecule has 18 heavy (non-hydrogen) atoms. The number of hydrogen-bond acceptors (Lipinski definition) is 5. The van der Waals surface area contributed by atoms with Crippen LogP contribution in [0.3, 0.4) is 0 Å². The average Bonchev–Trinajstić information content (AvgIpc) is 2.55. The zero-order valence-corrected chi connectivity index (χ0v) is 11.7. The lowest BCUT2D eigenvalue weighted by molar-refractivity contribution is 0.0634. The Labute approximate surface area is 112 Å². The topological polar surface area (TPSA) is 81.4 Å². The molecule has 0 atom stereocenters. The highest BCUT2D eigenvalue weighted by Crippen LogP contribution is 2.11. The fourth-order valence-corrected chi connectivity index (χ4v) is 1.49. The van der Waals surface area contributed by atoms with Gasteiger partial charge in [0.15, 0.2) is 5.65 Å². The Balaban J connectivity index is 2.15. The number of hydrogen-bond donors (Lipinski definition) is 1. The third kappa shape index (κ3) is 3.16. The minimum atomic E-state index is -0.600. The lowest BCUT2D eigenvalue weighted by Gasteiger charge is -2.18. The summed E-state index contributed by atoms with van der Waals surface area (Å²) >= 11 is 3.22. The van der Waals surface area contributed by atoms with E-state index < -0.39 is 11.7 Å². The van der Waals surface area contributed by atoms with Gasteiger partial charge in [-0.25, -0.2) is 4.79 Å². The molecule has 0 unspecified atom stereocenters. The van der Waals surface area contributed by atoms with Crippen molar-refractivity contribution in [2.45, 2.75) is 26.4 Å². The highest BCUT2D eigenvalue weighted by atomic mass is 79.9. The Bertz CT molecular complexity index is 589. The molecule has 2 rings (SSSR count). The Morgan fingerprint density at radius 1 is 1.39 bits per heavy atom. The second-order valence-electron chi connectivity index (χ2n) is 4.57. The van der Waals surface area contributed by atoms with Crippen LogP contribution >= 0.6 is 15.9 Å². The van der Waals surface area contributed by atoms with Gasteiger partial charge in [-0.2, -0.15) is 4.98 Å². The summed E-state index contributed by atoms with van der Waals surface area (Å²) in [6.07, 6.45) is -0.600. The lowest BCUT2D eigenvalue weighted by Crippen LogP contribution is -2.27. The van der Waals surface area contributed by atoms with Crippen LogP contribution in [0.1, 0.15) is 20.8 Å². The van der Waals surface area contributed by atoms with Crippen LogP contribution in [0.5, 0.6) is 0 Å². The molecular weight excluding hydrogens is 302 g/mol. The van der Waals surface area contributed by atoms with Crippen molar-refractivity contribution in [1.29, 1.82) is 0 Å². The normalized spacial score (nSPS) is 11.6. The van der Waals surface area contributed by atoms with E-state index in [0.29, 0.717) is 10.3 Å². The highest BCUT2D eigenvalue weighted by Gasteiger charge is 2.17. The average molecular weight is 314 g/mol. The number of halogens is 1. The fourth-order valence-electron chi connectivity index (χ4n) is 1.21. The van der Waals surface area contributed by atoms with Crippen LogP contribution in [0.2, 0.25) is 0 Å². The van der Waals surface area contributed by atoms with Crippen molar-refractivity contribution >= 4 is 33.6 Å². The summed E-state index contributed by atoms with van der Waals surface area (Å²) in [7, 11) is 0. The second kappa shape index (κ2) is 4.52. The van der Waals surface area contributed by atoms with Gasteiger partial charge < -0.3 is 4.74 Å². The van der Waals surface area contributed by atoms with Crippen molar-refractivity contribution in [2.75, 3.05) is 5.32 Å². The number of carbonyl (C=O) groups is 1. The zero-order valence-electron chi connectivity index (χ0n) is 10.1. The molecule has 0 aliphatic carbocycles. The molecule has 0 aromatic carbocycles. The molecule has 0 aliphatic rings. The number of rotatable bonds is 1. The standard InChI is InChI=1S/C10H12BrN5O2/c1-10(2,3)18-9(17)13-8-12-7-5-4-6(11)14-16(7)15-8/h4-5H,1-3H3,(H,13,15,17). The van der Waals surface area contributed by atoms with Crippen LogP contribution in [0, 0.1) is 0 Å². The van der Waals surface area contributed by atoms with Crippen molar-refractivity contribution < 1.29 is 9.53 Å². The van der Waals surface area contributed by atoms with Crippen molar-refractivity contribution in [3.63, 3.8) is 0 Å². The molecule has 0 saturated heterocycles. The van der Waals surface area contributed by atoms with Crippen LogP contribution in [-0.4, -0.2) is 31.5 Å². The predicted molar refractivity (Wildman–Crippen MR) is 68.3 cm³/mol. The van der Waals surface area contributed by atoms with E-state index in [9.17, 15) is 4.79 Å². The van der Waals surface area contributed by atoms with E-state index in [1.807, 2.05) is 0 Å². The Hall–Kier alpha value is -1.70. The van der Waals surface area contributed by atoms with Crippen molar-refractivity contribution in [3.8, 4) is 0 Å². The van der Waals surface area contributed by atoms with Gasteiger partial charge in [-0.05, 0) is 48.8 Å². The number of fused-ring (bicyclic) bond motifs is 1. The summed E-state index contributed by atoms with van der Waals surface area (Å²) in [4.78, 5) is 15.6. The van der Waals surface area contributed by atoms with E-state index in [2.05, 4.69) is 36.4 Å². The Morgan fingerprint density at radius 3 is 2.78 bits per heavy atom. The van der Waals surface area contributed by atoms with Crippen LogP contribution in [0.25, 0.3) is 5.65 Å². The summed E-state index contributed by atoms with van der Waals surface area (Å²) in [6.45, 7) is 5.34. The SMILES string of the molecule is CC(C)(C)OC(=O)Nc1nc2ccc(Br)nn2n1. The maximum Gasteiger partial charge on any atom is 0.414 e. The number of amides is 1. The van der Waals surface area contributed by atoms with E-state index in [0.717, 1.165) is 0 Å². The molecule has 0 fully saturated rings. The molecule has 96 valence electrons. The van der Waals surface area contributed by atoms with Gasteiger partial charge in [-0.3, -0.25) is 5.32 Å². The quantitative estimate of drug-likeness (QED) is 0.873. The molecule has 8 heteroatoms. The van der Waals surface area contributed by atoms with Crippen LogP contribution in [0.15, 0.2) is 16.7 Å². The van der Waals surface area contributed by atoms with Gasteiger partial charge in [0.2, 0.25) is 0 Å². The summed E-state index contributed by atoms with van der Waals surface area (Å²) in [6, 6.07) is 3.46. The van der Waals surface area contributed by atoms with Gasteiger partial charge >= 0.3 is 6.09 Å². The molecule has 1 N–H and O–H groups in total. The van der Waals surface area contributed by atoms with Gasteiger partial charge in [0.1, 0.15) is 10.2 Å². The van der Waals surface area contributed by atoms with Gasteiger partial charge in [-0.15, -0.1) is 14.8 Å². The molecule has 0 spiro atoms. The van der Waals surface area contributed by atoms with E-state index in [1.165, 1.54) is 4.63 Å². The maximum atomic E-state index is 11.5. The molecule has 0 radical (unpaired) electrons. The minimum Gasteiger partial charge on any atom is -0.444 e. The summed E-state index contributed by atoms with van der Waals surface area (Å²) < 4.78 is 7.04. The minimum absolute atomic E-state index is 0.148. The Morgan fingerprint density at radius 2 is 2.11 bits per heavy atom. The first-order chi connectivity index (χ1) is 8.33. The van der Waals surface area contributed by atoms with Gasteiger partial charge in [0.25, 0.3) is 5.95 Å². The molecule has 2 aromatic rings. The van der Waals surface area contributed by atoms with E-state index >= 15 is 0 Å². The number of nitrogens with one attached hydrogen (secondary N) is 1. The number of ether oxygens (including phenoxy) is 1. The lowest BCUT2D eigenvalue weighted by atomic mass is 10.2. The number of anilines is 1. The van der Waals surface area contributed by atoms with Crippen molar-refractivity contribution in [1.82, 2.24) is 19.8 Å². The molecule has 7 nitrogen and oxygen atoms in total. The predicted octanol–water partition coefficient (Wildman–Crippen LogP) is 2.23. The second-order valence-corrected chi connectivity index (χ2v) is 5.38. The first-order valence-electron chi connectivity index (χ1n) is 5.23. The molecule has 1 amide bonds. The third-order valence-corrected chi connectivity index (χ3v) is 2.21. The van der Waals surface area contributed by atoms with Gasteiger partial charge in [0, 0.05) is 0 Å². The van der Waals surface area contributed by atoms with Gasteiger partial charge in [0.05, 0.1) is 0 Å². The zero-order chi connectivity index (χ0) is 13.3. The summed E-state index contributed by atoms with van der Waals surface area (Å²) in [5.41, 5.74) is -0.0332. The first kappa shape index (κ1) is 12.7. The van der Waals surface area contributed by atoms with Crippen molar-refractivity contribution in [2.24, 2.45) is 0 Å². The number of carbonyl (C=O) groups excluding carboxylic acids is 1. The molecule has 0 aliphatic heterocycles. The fraction of sp³-hybridized carbons (Fsp3) is 0.400. The Kier molecular flexibility index (Phi) is 3.20. The maximum absolute atomic E-state index is 11.5.